The number of amides is 1. The van der Waals surface area contributed by atoms with Crippen LogP contribution in [0.2, 0.25) is 4.34 Å². The molecule has 0 aromatic carbocycles. The number of aryl methyl sites for hydroxylation is 1. The number of carbonyl (C=O) groups excluding carboxylic acids is 1. The summed E-state index contributed by atoms with van der Waals surface area (Å²) in [5, 5.41) is 3.85. The monoisotopic (exact) mass is 270 g/mol. The number of aromatic nitrogens is 1. The molecule has 0 aliphatic rings. The Bertz CT molecular complexity index is 535. The van der Waals surface area contributed by atoms with Crippen LogP contribution in [0.3, 0.4) is 0 Å². The van der Waals surface area contributed by atoms with Crippen molar-refractivity contribution in [3.8, 4) is 0 Å². The summed E-state index contributed by atoms with van der Waals surface area (Å²) in [6.07, 6.45) is 0. The molecule has 2 aromatic rings. The highest BCUT2D eigenvalue weighted by molar-refractivity contribution is 7.17. The van der Waals surface area contributed by atoms with E-state index in [1.165, 1.54) is 11.3 Å². The molecule has 0 saturated heterocycles. The Labute approximate surface area is 108 Å². The summed E-state index contributed by atoms with van der Waals surface area (Å²) in [6.45, 7) is 2.24. The first-order valence-corrected chi connectivity index (χ1v) is 6.18. The molecule has 0 N–H and O–H groups in total. The highest BCUT2D eigenvalue weighted by atomic mass is 35.5. The second-order valence-electron chi connectivity index (χ2n) is 3.69. The Hall–Kier alpha value is -1.33. The average molecular weight is 271 g/mol. The molecule has 1 amide bonds. The zero-order chi connectivity index (χ0) is 12.4. The fourth-order valence-corrected chi connectivity index (χ4v) is 2.46. The molecule has 2 heterocycles. The Morgan fingerprint density at radius 3 is 2.88 bits per heavy atom. The van der Waals surface area contributed by atoms with Gasteiger partial charge in [0, 0.05) is 13.1 Å². The standard InChI is InChI=1S/C11H11ClN2O2S/c1-7-5-8(13-16-7)6-14(2)11(15)9-3-4-10(12)17-9/h3-5H,6H2,1-2H3. The van der Waals surface area contributed by atoms with E-state index in [0.29, 0.717) is 15.8 Å². The van der Waals surface area contributed by atoms with Crippen molar-refractivity contribution in [1.29, 1.82) is 0 Å². The van der Waals surface area contributed by atoms with E-state index in [4.69, 9.17) is 16.1 Å². The lowest BCUT2D eigenvalue weighted by molar-refractivity contribution is 0.0787. The largest absolute Gasteiger partial charge is 0.361 e. The smallest absolute Gasteiger partial charge is 0.264 e. The lowest BCUT2D eigenvalue weighted by Crippen LogP contribution is -2.25. The Morgan fingerprint density at radius 1 is 1.59 bits per heavy atom. The van der Waals surface area contributed by atoms with Crippen LogP contribution in [0.5, 0.6) is 0 Å². The summed E-state index contributed by atoms with van der Waals surface area (Å²) >= 11 is 7.06. The van der Waals surface area contributed by atoms with Gasteiger partial charge in [0.25, 0.3) is 5.91 Å². The van der Waals surface area contributed by atoms with Gasteiger partial charge in [-0.3, -0.25) is 4.79 Å². The predicted molar refractivity (Wildman–Crippen MR) is 66.4 cm³/mol. The summed E-state index contributed by atoms with van der Waals surface area (Å²) in [5.74, 6) is 0.669. The number of hydrogen-bond acceptors (Lipinski definition) is 4. The third-order valence-corrected chi connectivity index (χ3v) is 3.43. The van der Waals surface area contributed by atoms with Crippen LogP contribution >= 0.6 is 22.9 Å². The first-order chi connectivity index (χ1) is 8.06. The fraction of sp³-hybridized carbons (Fsp3) is 0.273. The molecule has 2 aromatic heterocycles. The molecule has 0 atom stereocenters. The molecule has 0 aliphatic carbocycles. The Kier molecular flexibility index (Phi) is 3.49. The van der Waals surface area contributed by atoms with Crippen molar-refractivity contribution in [1.82, 2.24) is 10.1 Å². The number of carbonyl (C=O) groups is 1. The summed E-state index contributed by atoms with van der Waals surface area (Å²) in [4.78, 5) is 14.2. The Morgan fingerprint density at radius 2 is 2.35 bits per heavy atom. The maximum absolute atomic E-state index is 12.0. The minimum absolute atomic E-state index is 0.0671. The summed E-state index contributed by atoms with van der Waals surface area (Å²) in [5.41, 5.74) is 0.737. The number of thiophene rings is 1. The molecular weight excluding hydrogens is 260 g/mol. The highest BCUT2D eigenvalue weighted by Gasteiger charge is 2.15. The molecule has 4 nitrogen and oxygen atoms in total. The van der Waals surface area contributed by atoms with E-state index in [2.05, 4.69) is 5.16 Å². The lowest BCUT2D eigenvalue weighted by Gasteiger charge is -2.13. The van der Waals surface area contributed by atoms with Gasteiger partial charge in [-0.15, -0.1) is 11.3 Å². The van der Waals surface area contributed by atoms with Crippen molar-refractivity contribution in [3.05, 3.63) is 38.9 Å². The summed E-state index contributed by atoms with van der Waals surface area (Å²) in [7, 11) is 1.72. The molecule has 0 saturated carbocycles. The third kappa shape index (κ3) is 2.87. The van der Waals surface area contributed by atoms with Crippen LogP contribution in [0.4, 0.5) is 0 Å². The van der Waals surface area contributed by atoms with Crippen LogP contribution in [0.1, 0.15) is 21.1 Å². The number of hydrogen-bond donors (Lipinski definition) is 0. The molecule has 0 aliphatic heterocycles. The molecular formula is C11H11ClN2O2S. The quantitative estimate of drug-likeness (QED) is 0.861. The third-order valence-electron chi connectivity index (χ3n) is 2.21. The van der Waals surface area contributed by atoms with E-state index in [9.17, 15) is 4.79 Å². The second-order valence-corrected chi connectivity index (χ2v) is 5.41. The van der Waals surface area contributed by atoms with Crippen LogP contribution in [-0.4, -0.2) is 23.0 Å². The van der Waals surface area contributed by atoms with Crippen LogP contribution in [-0.2, 0) is 6.54 Å². The second kappa shape index (κ2) is 4.89. The number of nitrogens with zero attached hydrogens (tertiary/aromatic N) is 2. The molecule has 0 unspecified atom stereocenters. The van der Waals surface area contributed by atoms with Gasteiger partial charge in [-0.2, -0.15) is 0 Å². The summed E-state index contributed by atoms with van der Waals surface area (Å²) < 4.78 is 5.56. The normalized spacial score (nSPS) is 10.5. The number of rotatable bonds is 3. The topological polar surface area (TPSA) is 46.3 Å². The van der Waals surface area contributed by atoms with Crippen LogP contribution in [0.15, 0.2) is 22.7 Å². The van der Waals surface area contributed by atoms with Gasteiger partial charge in [-0.1, -0.05) is 16.8 Å². The number of halogens is 1. The minimum Gasteiger partial charge on any atom is -0.361 e. The SMILES string of the molecule is Cc1cc(CN(C)C(=O)c2ccc(Cl)s2)no1. The van der Waals surface area contributed by atoms with Crippen LogP contribution in [0, 0.1) is 6.92 Å². The van der Waals surface area contributed by atoms with Crippen LogP contribution in [0.25, 0.3) is 0 Å². The minimum atomic E-state index is -0.0671. The zero-order valence-electron chi connectivity index (χ0n) is 9.44. The first kappa shape index (κ1) is 12.1. The first-order valence-electron chi connectivity index (χ1n) is 4.99. The van der Waals surface area contributed by atoms with Gasteiger partial charge in [-0.25, -0.2) is 0 Å². The molecule has 17 heavy (non-hydrogen) atoms. The van der Waals surface area contributed by atoms with E-state index < -0.39 is 0 Å². The molecule has 0 bridgehead atoms. The van der Waals surface area contributed by atoms with Gasteiger partial charge in [0.15, 0.2) is 0 Å². The maximum atomic E-state index is 12.0. The van der Waals surface area contributed by atoms with Gasteiger partial charge in [0.05, 0.1) is 15.8 Å². The van der Waals surface area contributed by atoms with E-state index in [-0.39, 0.29) is 5.91 Å². The van der Waals surface area contributed by atoms with Gasteiger partial charge >= 0.3 is 0 Å². The van der Waals surface area contributed by atoms with E-state index in [0.717, 1.165) is 11.5 Å². The van der Waals surface area contributed by atoms with Crippen LogP contribution < -0.4 is 0 Å². The van der Waals surface area contributed by atoms with E-state index >= 15 is 0 Å². The fourth-order valence-electron chi connectivity index (χ4n) is 1.42. The highest BCUT2D eigenvalue weighted by Crippen LogP contribution is 2.22. The molecule has 6 heteroatoms. The van der Waals surface area contributed by atoms with Crippen molar-refractivity contribution < 1.29 is 9.32 Å². The molecule has 0 fully saturated rings. The molecule has 0 radical (unpaired) electrons. The van der Waals surface area contributed by atoms with E-state index in [1.807, 2.05) is 13.0 Å². The lowest BCUT2D eigenvalue weighted by atomic mass is 10.3. The van der Waals surface area contributed by atoms with Gasteiger partial charge in [-0.05, 0) is 19.1 Å². The van der Waals surface area contributed by atoms with E-state index in [1.54, 1.807) is 24.1 Å². The predicted octanol–water partition coefficient (Wildman–Crippen LogP) is 2.97. The average Bonchev–Trinajstić information content (AvgIpc) is 2.87. The van der Waals surface area contributed by atoms with Gasteiger partial charge in [0.1, 0.15) is 11.5 Å². The zero-order valence-corrected chi connectivity index (χ0v) is 11.0. The van der Waals surface area contributed by atoms with Crippen molar-refractivity contribution in [3.63, 3.8) is 0 Å². The van der Waals surface area contributed by atoms with Gasteiger partial charge < -0.3 is 9.42 Å². The molecule has 2 rings (SSSR count). The van der Waals surface area contributed by atoms with Gasteiger partial charge in [0.2, 0.25) is 0 Å². The van der Waals surface area contributed by atoms with Crippen molar-refractivity contribution in [2.45, 2.75) is 13.5 Å². The van der Waals surface area contributed by atoms with Crippen molar-refractivity contribution in [2.75, 3.05) is 7.05 Å². The summed E-state index contributed by atoms with van der Waals surface area (Å²) in [6, 6.07) is 5.25. The van der Waals surface area contributed by atoms with Crippen molar-refractivity contribution in [2.24, 2.45) is 0 Å². The molecule has 90 valence electrons. The molecule has 0 spiro atoms. The Balaban J connectivity index is 2.05. The van der Waals surface area contributed by atoms with Crippen molar-refractivity contribution >= 4 is 28.8 Å². The maximum Gasteiger partial charge on any atom is 0.264 e.